The second-order valence-electron chi connectivity index (χ2n) is 5.53. The number of thiophene rings is 1. The van der Waals surface area contributed by atoms with E-state index in [0.29, 0.717) is 5.56 Å². The molecule has 0 aliphatic rings. The fourth-order valence-corrected chi connectivity index (χ4v) is 4.46. The van der Waals surface area contributed by atoms with Crippen LogP contribution in [-0.4, -0.2) is 27.4 Å². The molecule has 2 aromatic carbocycles. The summed E-state index contributed by atoms with van der Waals surface area (Å²) in [5.41, 5.74) is 2.65. The Bertz CT molecular complexity index is 952. The van der Waals surface area contributed by atoms with E-state index >= 15 is 0 Å². The highest BCUT2D eigenvalue weighted by molar-refractivity contribution is 7.91. The summed E-state index contributed by atoms with van der Waals surface area (Å²) in [4.78, 5) is 12.2. The first-order chi connectivity index (χ1) is 12.6. The van der Waals surface area contributed by atoms with Gasteiger partial charge in [0.15, 0.2) is 0 Å². The molecule has 1 heterocycles. The molecule has 2 N–H and O–H groups in total. The third kappa shape index (κ3) is 4.57. The molecule has 0 aliphatic carbocycles. The summed E-state index contributed by atoms with van der Waals surface area (Å²) in [6, 6.07) is 20.4. The third-order valence-corrected chi connectivity index (χ3v) is 6.58. The number of sulfonamides is 1. The maximum absolute atomic E-state index is 12.2. The van der Waals surface area contributed by atoms with Crippen LogP contribution in [0.25, 0.3) is 11.1 Å². The summed E-state index contributed by atoms with van der Waals surface area (Å²) in [5.74, 6) is -0.236. The lowest BCUT2D eigenvalue weighted by Crippen LogP contribution is -2.34. The third-order valence-electron chi connectivity index (χ3n) is 3.72. The van der Waals surface area contributed by atoms with Crippen LogP contribution < -0.4 is 10.0 Å². The maximum Gasteiger partial charge on any atom is 0.251 e. The second-order valence-corrected chi connectivity index (χ2v) is 8.47. The van der Waals surface area contributed by atoms with Crippen molar-refractivity contribution in [2.24, 2.45) is 0 Å². The Kier molecular flexibility index (Phi) is 5.82. The summed E-state index contributed by atoms with van der Waals surface area (Å²) >= 11 is 1.15. The highest BCUT2D eigenvalue weighted by Gasteiger charge is 2.14. The van der Waals surface area contributed by atoms with Gasteiger partial charge in [0.1, 0.15) is 4.21 Å². The van der Waals surface area contributed by atoms with E-state index in [1.807, 2.05) is 42.5 Å². The van der Waals surface area contributed by atoms with Gasteiger partial charge in [0, 0.05) is 18.7 Å². The summed E-state index contributed by atoms with van der Waals surface area (Å²) in [6.07, 6.45) is 0. The van der Waals surface area contributed by atoms with Crippen molar-refractivity contribution < 1.29 is 13.2 Å². The van der Waals surface area contributed by atoms with Crippen LogP contribution in [0.3, 0.4) is 0 Å². The Morgan fingerprint density at radius 2 is 1.54 bits per heavy atom. The number of hydrogen-bond donors (Lipinski definition) is 2. The lowest BCUT2D eigenvalue weighted by molar-refractivity contribution is 0.0954. The monoisotopic (exact) mass is 386 g/mol. The zero-order chi connectivity index (χ0) is 18.4. The van der Waals surface area contributed by atoms with Gasteiger partial charge in [0.25, 0.3) is 5.91 Å². The standard InChI is InChI=1S/C19H18N2O3S2/c22-19(20-12-13-21-26(23,24)18-7-4-14-25-18)17-10-8-16(9-11-17)15-5-2-1-3-6-15/h1-11,14,21H,12-13H2,(H,20,22). The summed E-state index contributed by atoms with van der Waals surface area (Å²) < 4.78 is 26.7. The Labute approximate surface area is 156 Å². The first-order valence-electron chi connectivity index (χ1n) is 8.03. The molecular weight excluding hydrogens is 368 g/mol. The largest absolute Gasteiger partial charge is 0.351 e. The summed E-state index contributed by atoms with van der Waals surface area (Å²) in [5, 5.41) is 4.42. The first-order valence-corrected chi connectivity index (χ1v) is 10.4. The van der Waals surface area contributed by atoms with E-state index in [0.717, 1.165) is 22.5 Å². The number of carbonyl (C=O) groups excluding carboxylic acids is 1. The van der Waals surface area contributed by atoms with E-state index in [1.54, 1.807) is 29.6 Å². The van der Waals surface area contributed by atoms with Gasteiger partial charge in [-0.05, 0) is 34.7 Å². The number of carbonyl (C=O) groups is 1. The number of hydrogen-bond acceptors (Lipinski definition) is 4. The molecule has 0 bridgehead atoms. The van der Waals surface area contributed by atoms with Gasteiger partial charge in [-0.3, -0.25) is 4.79 Å². The van der Waals surface area contributed by atoms with Gasteiger partial charge in [-0.1, -0.05) is 48.5 Å². The highest BCUT2D eigenvalue weighted by Crippen LogP contribution is 2.19. The molecule has 134 valence electrons. The average Bonchev–Trinajstić information content (AvgIpc) is 3.22. The van der Waals surface area contributed by atoms with Gasteiger partial charge >= 0.3 is 0 Å². The quantitative estimate of drug-likeness (QED) is 0.613. The molecule has 5 nitrogen and oxygen atoms in total. The molecule has 7 heteroatoms. The molecule has 3 rings (SSSR count). The van der Waals surface area contributed by atoms with Crippen molar-refractivity contribution in [1.29, 1.82) is 0 Å². The van der Waals surface area contributed by atoms with Crippen LogP contribution in [0.4, 0.5) is 0 Å². The number of benzene rings is 2. The maximum atomic E-state index is 12.2. The van der Waals surface area contributed by atoms with Crippen LogP contribution in [0.5, 0.6) is 0 Å². The smallest absolute Gasteiger partial charge is 0.251 e. The Hall–Kier alpha value is -2.48. The van der Waals surface area contributed by atoms with Crippen molar-refractivity contribution in [3.05, 3.63) is 77.7 Å². The van der Waals surface area contributed by atoms with Crippen LogP contribution in [0.15, 0.2) is 76.3 Å². The van der Waals surface area contributed by atoms with Crippen LogP contribution >= 0.6 is 11.3 Å². The number of nitrogens with one attached hydrogen (secondary N) is 2. The van der Waals surface area contributed by atoms with Gasteiger partial charge in [-0.15, -0.1) is 11.3 Å². The first kappa shape index (κ1) is 18.3. The van der Waals surface area contributed by atoms with E-state index in [-0.39, 0.29) is 23.2 Å². The van der Waals surface area contributed by atoms with E-state index in [4.69, 9.17) is 0 Å². The molecule has 0 spiro atoms. The van der Waals surface area contributed by atoms with Crippen LogP contribution in [0.1, 0.15) is 10.4 Å². The van der Waals surface area contributed by atoms with Crippen molar-refractivity contribution in [3.63, 3.8) is 0 Å². The predicted octanol–water partition coefficient (Wildman–Crippen LogP) is 3.12. The van der Waals surface area contributed by atoms with Crippen molar-refractivity contribution >= 4 is 27.3 Å². The highest BCUT2D eigenvalue weighted by atomic mass is 32.2. The zero-order valence-corrected chi connectivity index (χ0v) is 15.5. The molecule has 0 atom stereocenters. The van der Waals surface area contributed by atoms with Crippen molar-refractivity contribution in [1.82, 2.24) is 10.0 Å². The number of amides is 1. The average molecular weight is 386 g/mol. The van der Waals surface area contributed by atoms with E-state index in [9.17, 15) is 13.2 Å². The molecule has 0 aliphatic heterocycles. The second kappa shape index (κ2) is 8.27. The molecule has 3 aromatic rings. The molecule has 1 amide bonds. The lowest BCUT2D eigenvalue weighted by Gasteiger charge is -2.08. The van der Waals surface area contributed by atoms with E-state index in [2.05, 4.69) is 10.0 Å². The molecule has 0 saturated carbocycles. The normalized spacial score (nSPS) is 11.2. The number of rotatable bonds is 7. The fourth-order valence-electron chi connectivity index (χ4n) is 2.40. The Morgan fingerprint density at radius 1 is 0.846 bits per heavy atom. The van der Waals surface area contributed by atoms with Crippen molar-refractivity contribution in [2.75, 3.05) is 13.1 Å². The molecule has 0 radical (unpaired) electrons. The summed E-state index contributed by atoms with van der Waals surface area (Å²) in [7, 11) is -3.50. The van der Waals surface area contributed by atoms with Crippen molar-refractivity contribution in [3.8, 4) is 11.1 Å². The molecule has 26 heavy (non-hydrogen) atoms. The van der Waals surface area contributed by atoms with Crippen LogP contribution in [0.2, 0.25) is 0 Å². The predicted molar refractivity (Wildman–Crippen MR) is 104 cm³/mol. The Balaban J connectivity index is 1.51. The molecular formula is C19H18N2O3S2. The van der Waals surface area contributed by atoms with Crippen molar-refractivity contribution in [2.45, 2.75) is 4.21 Å². The fraction of sp³-hybridized carbons (Fsp3) is 0.105. The van der Waals surface area contributed by atoms with Gasteiger partial charge in [0.05, 0.1) is 0 Å². The summed E-state index contributed by atoms with van der Waals surface area (Å²) in [6.45, 7) is 0.345. The van der Waals surface area contributed by atoms with E-state index in [1.165, 1.54) is 0 Å². The minimum absolute atomic E-state index is 0.133. The minimum Gasteiger partial charge on any atom is -0.351 e. The Morgan fingerprint density at radius 3 is 2.19 bits per heavy atom. The van der Waals surface area contributed by atoms with E-state index < -0.39 is 10.0 Å². The van der Waals surface area contributed by atoms with Gasteiger partial charge in [0.2, 0.25) is 10.0 Å². The van der Waals surface area contributed by atoms with Gasteiger partial charge in [-0.25, -0.2) is 13.1 Å². The lowest BCUT2D eigenvalue weighted by atomic mass is 10.0. The SMILES string of the molecule is O=C(NCCNS(=O)(=O)c1cccs1)c1ccc(-c2ccccc2)cc1. The van der Waals surface area contributed by atoms with Crippen LogP contribution in [-0.2, 0) is 10.0 Å². The van der Waals surface area contributed by atoms with Gasteiger partial charge < -0.3 is 5.32 Å². The molecule has 0 saturated heterocycles. The molecule has 0 unspecified atom stereocenters. The minimum atomic E-state index is -3.50. The van der Waals surface area contributed by atoms with Crippen LogP contribution in [0, 0.1) is 0 Å². The topological polar surface area (TPSA) is 75.3 Å². The zero-order valence-electron chi connectivity index (χ0n) is 13.9. The molecule has 1 aromatic heterocycles. The van der Waals surface area contributed by atoms with Gasteiger partial charge in [-0.2, -0.15) is 0 Å². The molecule has 0 fully saturated rings.